The van der Waals surface area contributed by atoms with Gasteiger partial charge in [-0.25, -0.2) is 9.78 Å². The first-order chi connectivity index (χ1) is 14.7. The first-order valence-corrected chi connectivity index (χ1v) is 11.2. The van der Waals surface area contributed by atoms with Gasteiger partial charge >= 0.3 is 6.09 Å². The van der Waals surface area contributed by atoms with E-state index in [1.165, 1.54) is 0 Å². The molecule has 156 valence electrons. The van der Waals surface area contributed by atoms with Gasteiger partial charge in [-0.05, 0) is 49.3 Å². The number of anilines is 1. The van der Waals surface area contributed by atoms with Gasteiger partial charge in [-0.3, -0.25) is 4.98 Å². The Labute approximate surface area is 180 Å². The van der Waals surface area contributed by atoms with E-state index in [0.717, 1.165) is 54.2 Å². The number of benzene rings is 1. The second kappa shape index (κ2) is 9.71. The number of nitrogens with zero attached hydrogens (tertiary/aromatic N) is 3. The third-order valence-corrected chi connectivity index (χ3v) is 6.50. The number of thiazole rings is 1. The molecule has 0 spiro atoms. The lowest BCUT2D eigenvalue weighted by molar-refractivity contribution is 0.100. The van der Waals surface area contributed by atoms with Gasteiger partial charge in [0.25, 0.3) is 0 Å². The summed E-state index contributed by atoms with van der Waals surface area (Å²) in [5.41, 5.74) is 3.00. The van der Waals surface area contributed by atoms with Crippen LogP contribution < -0.4 is 5.32 Å². The van der Waals surface area contributed by atoms with Gasteiger partial charge in [0.1, 0.15) is 0 Å². The fourth-order valence-electron chi connectivity index (χ4n) is 4.03. The zero-order chi connectivity index (χ0) is 20.8. The number of nitrogens with one attached hydrogen (secondary N) is 1. The first-order valence-electron chi connectivity index (χ1n) is 10.3. The number of pyridine rings is 1. The highest BCUT2D eigenvalue weighted by molar-refractivity contribution is 7.14. The van der Waals surface area contributed by atoms with Crippen LogP contribution in [-0.4, -0.2) is 38.7 Å². The second-order valence-electron chi connectivity index (χ2n) is 7.73. The van der Waals surface area contributed by atoms with Crippen LogP contribution in [0.25, 0.3) is 11.3 Å². The van der Waals surface area contributed by atoms with Crippen molar-refractivity contribution in [1.29, 1.82) is 0 Å². The van der Waals surface area contributed by atoms with Crippen molar-refractivity contribution >= 4 is 22.6 Å². The van der Waals surface area contributed by atoms with E-state index in [1.807, 2.05) is 54.0 Å². The highest BCUT2D eigenvalue weighted by Crippen LogP contribution is 2.30. The van der Waals surface area contributed by atoms with Crippen molar-refractivity contribution < 1.29 is 9.90 Å². The van der Waals surface area contributed by atoms with Gasteiger partial charge in [0.05, 0.1) is 5.69 Å². The molecule has 1 aromatic carbocycles. The minimum absolute atomic E-state index is 0.0935. The van der Waals surface area contributed by atoms with Gasteiger partial charge in [-0.2, -0.15) is 0 Å². The van der Waals surface area contributed by atoms with Crippen LogP contribution in [0, 0.1) is 5.92 Å². The van der Waals surface area contributed by atoms with Crippen molar-refractivity contribution in [3.8, 4) is 11.3 Å². The average Bonchev–Trinajstić information content (AvgIpc) is 3.27. The summed E-state index contributed by atoms with van der Waals surface area (Å²) < 4.78 is 0. The smallest absolute Gasteiger partial charge is 0.407 e. The Hall–Kier alpha value is -2.93. The molecule has 1 fully saturated rings. The van der Waals surface area contributed by atoms with Crippen molar-refractivity contribution in [1.82, 2.24) is 14.9 Å². The number of carbonyl (C=O) groups is 1. The van der Waals surface area contributed by atoms with Gasteiger partial charge in [-0.1, -0.05) is 30.3 Å². The average molecular weight is 423 g/mol. The van der Waals surface area contributed by atoms with E-state index < -0.39 is 6.09 Å². The van der Waals surface area contributed by atoms with Crippen LogP contribution in [0.15, 0.2) is 60.2 Å². The molecular weight excluding hydrogens is 396 g/mol. The molecule has 4 rings (SSSR count). The summed E-state index contributed by atoms with van der Waals surface area (Å²) in [7, 11) is 0. The third kappa shape index (κ3) is 5.16. The molecule has 0 unspecified atom stereocenters. The molecule has 0 aliphatic heterocycles. The van der Waals surface area contributed by atoms with E-state index in [1.54, 1.807) is 22.4 Å². The number of hydrogen-bond acceptors (Lipinski definition) is 5. The highest BCUT2D eigenvalue weighted by Gasteiger charge is 2.28. The Balaban J connectivity index is 1.27. The van der Waals surface area contributed by atoms with Gasteiger partial charge in [0.2, 0.25) is 0 Å². The topological polar surface area (TPSA) is 78.4 Å². The van der Waals surface area contributed by atoms with Crippen LogP contribution in [-0.2, 0) is 6.54 Å². The summed E-state index contributed by atoms with van der Waals surface area (Å²) in [6.45, 7) is 1.33. The van der Waals surface area contributed by atoms with Crippen molar-refractivity contribution in [2.75, 3.05) is 11.9 Å². The molecule has 1 saturated carbocycles. The quantitative estimate of drug-likeness (QED) is 0.536. The van der Waals surface area contributed by atoms with Crippen molar-refractivity contribution in [2.24, 2.45) is 5.92 Å². The predicted molar refractivity (Wildman–Crippen MR) is 120 cm³/mol. The lowest BCUT2D eigenvalue weighted by Gasteiger charge is -2.35. The predicted octanol–water partition coefficient (Wildman–Crippen LogP) is 5.36. The Morgan fingerprint density at radius 2 is 1.93 bits per heavy atom. The molecule has 30 heavy (non-hydrogen) atoms. The molecule has 7 heteroatoms. The zero-order valence-corrected chi connectivity index (χ0v) is 17.6. The minimum atomic E-state index is -0.828. The highest BCUT2D eigenvalue weighted by atomic mass is 32.1. The van der Waals surface area contributed by atoms with Crippen LogP contribution in [0.3, 0.4) is 0 Å². The maximum absolute atomic E-state index is 11.8. The SMILES string of the molecule is O=C(O)N(Cc1ccccc1)C1CCC(CNc2nc(-c3cccnc3)cs2)CC1. The molecule has 0 atom stereocenters. The number of aromatic nitrogens is 2. The van der Waals surface area contributed by atoms with Gasteiger partial charge in [0, 0.05) is 42.5 Å². The van der Waals surface area contributed by atoms with E-state index in [-0.39, 0.29) is 6.04 Å². The Morgan fingerprint density at radius 1 is 1.13 bits per heavy atom. The maximum atomic E-state index is 11.8. The van der Waals surface area contributed by atoms with E-state index in [0.29, 0.717) is 12.5 Å². The summed E-state index contributed by atoms with van der Waals surface area (Å²) >= 11 is 1.61. The minimum Gasteiger partial charge on any atom is -0.465 e. The lowest BCUT2D eigenvalue weighted by Crippen LogP contribution is -2.41. The van der Waals surface area contributed by atoms with Gasteiger partial charge in [-0.15, -0.1) is 11.3 Å². The fourth-order valence-corrected chi connectivity index (χ4v) is 4.76. The normalized spacial score (nSPS) is 18.7. The molecule has 1 aliphatic rings. The summed E-state index contributed by atoms with van der Waals surface area (Å²) in [6, 6.07) is 13.9. The number of amides is 1. The molecule has 0 bridgehead atoms. The molecule has 2 aromatic heterocycles. The molecule has 0 radical (unpaired) electrons. The van der Waals surface area contributed by atoms with E-state index in [2.05, 4.69) is 15.3 Å². The molecule has 2 heterocycles. The molecular formula is C23H26N4O2S. The standard InChI is InChI=1S/C23H26N4O2S/c28-23(29)27(15-18-5-2-1-3-6-18)20-10-8-17(9-11-20)13-25-22-26-21(16-30-22)19-7-4-12-24-14-19/h1-7,12,14,16-17,20H,8-11,13,15H2,(H,25,26)(H,28,29). The number of hydrogen-bond donors (Lipinski definition) is 2. The Kier molecular flexibility index (Phi) is 6.59. The number of carboxylic acid groups (broad SMARTS) is 1. The Bertz CT molecular complexity index is 940. The molecule has 6 nitrogen and oxygen atoms in total. The number of rotatable bonds is 7. The van der Waals surface area contributed by atoms with Crippen LogP contribution in [0.5, 0.6) is 0 Å². The van der Waals surface area contributed by atoms with Crippen LogP contribution >= 0.6 is 11.3 Å². The van der Waals surface area contributed by atoms with Crippen LogP contribution in [0.4, 0.5) is 9.93 Å². The van der Waals surface area contributed by atoms with Crippen molar-refractivity contribution in [3.05, 3.63) is 65.8 Å². The van der Waals surface area contributed by atoms with Crippen molar-refractivity contribution in [2.45, 2.75) is 38.3 Å². The van der Waals surface area contributed by atoms with E-state index >= 15 is 0 Å². The van der Waals surface area contributed by atoms with E-state index in [9.17, 15) is 9.90 Å². The monoisotopic (exact) mass is 422 g/mol. The molecule has 1 amide bonds. The summed E-state index contributed by atoms with van der Waals surface area (Å²) in [5.74, 6) is 0.541. The molecule has 0 saturated heterocycles. The fraction of sp³-hybridized carbons (Fsp3) is 0.348. The second-order valence-corrected chi connectivity index (χ2v) is 8.59. The van der Waals surface area contributed by atoms with Crippen molar-refractivity contribution in [3.63, 3.8) is 0 Å². The van der Waals surface area contributed by atoms with Gasteiger partial charge < -0.3 is 15.3 Å². The Morgan fingerprint density at radius 3 is 2.63 bits per heavy atom. The zero-order valence-electron chi connectivity index (χ0n) is 16.8. The van der Waals surface area contributed by atoms with Crippen LogP contribution in [0.1, 0.15) is 31.2 Å². The first kappa shape index (κ1) is 20.3. The lowest BCUT2D eigenvalue weighted by atomic mass is 9.85. The van der Waals surface area contributed by atoms with E-state index in [4.69, 9.17) is 0 Å². The largest absolute Gasteiger partial charge is 0.465 e. The third-order valence-electron chi connectivity index (χ3n) is 5.70. The summed E-state index contributed by atoms with van der Waals surface area (Å²) in [6.07, 6.45) is 6.62. The maximum Gasteiger partial charge on any atom is 0.407 e. The molecule has 1 aliphatic carbocycles. The molecule has 2 N–H and O–H groups in total. The van der Waals surface area contributed by atoms with Gasteiger partial charge in [0.15, 0.2) is 5.13 Å². The molecule has 3 aromatic rings. The van der Waals surface area contributed by atoms with Crippen LogP contribution in [0.2, 0.25) is 0 Å². The summed E-state index contributed by atoms with van der Waals surface area (Å²) in [5, 5.41) is 16.1. The summed E-state index contributed by atoms with van der Waals surface area (Å²) in [4.78, 5) is 22.2.